The molecular formula is C21H41NO4S. The van der Waals surface area contributed by atoms with Crippen molar-refractivity contribution in [2.45, 2.75) is 108 Å². The van der Waals surface area contributed by atoms with Crippen LogP contribution in [0, 0.1) is 0 Å². The molecule has 0 saturated heterocycles. The number of rotatable bonds is 18. The van der Waals surface area contributed by atoms with Gasteiger partial charge in [-0.05, 0) is 39.0 Å². The monoisotopic (exact) mass is 403 g/mol. The standard InChI is InChI=1S/C21H41NO4S/c1-3-4-5-6-7-8-9-10-11-12-13-14-15-16-17-18-20(23)21(2,19-22)27(24,25)26/h10-11H,3-9,12-19,22H2,1-2H3,(H,24,25,26). The molecule has 0 heterocycles. The van der Waals surface area contributed by atoms with Gasteiger partial charge in [0.15, 0.2) is 10.5 Å². The minimum Gasteiger partial charge on any atom is -0.328 e. The summed E-state index contributed by atoms with van der Waals surface area (Å²) >= 11 is 0. The van der Waals surface area contributed by atoms with E-state index in [0.717, 1.165) is 32.1 Å². The van der Waals surface area contributed by atoms with Crippen LogP contribution in [0.3, 0.4) is 0 Å². The summed E-state index contributed by atoms with van der Waals surface area (Å²) < 4.78 is 30.0. The molecule has 6 heteroatoms. The summed E-state index contributed by atoms with van der Waals surface area (Å²) in [6.45, 7) is 3.04. The molecule has 1 atom stereocenters. The summed E-state index contributed by atoms with van der Waals surface area (Å²) in [5.41, 5.74) is 5.38. The first-order chi connectivity index (χ1) is 12.8. The Labute approximate surface area is 166 Å². The summed E-state index contributed by atoms with van der Waals surface area (Å²) in [4.78, 5) is 12.0. The first-order valence-corrected chi connectivity index (χ1v) is 12.1. The van der Waals surface area contributed by atoms with Gasteiger partial charge in [0.1, 0.15) is 0 Å². The summed E-state index contributed by atoms with van der Waals surface area (Å²) in [6, 6.07) is 0. The van der Waals surface area contributed by atoms with Gasteiger partial charge in [0.25, 0.3) is 10.1 Å². The second kappa shape index (κ2) is 15.2. The highest BCUT2D eigenvalue weighted by atomic mass is 32.2. The predicted octanol–water partition coefficient (Wildman–Crippen LogP) is 5.20. The molecule has 0 aliphatic rings. The van der Waals surface area contributed by atoms with Gasteiger partial charge in [0, 0.05) is 13.0 Å². The molecule has 0 aromatic rings. The van der Waals surface area contributed by atoms with Crippen molar-refractivity contribution in [2.75, 3.05) is 6.54 Å². The molecule has 0 bridgehead atoms. The lowest BCUT2D eigenvalue weighted by Gasteiger charge is -2.22. The molecule has 0 fully saturated rings. The predicted molar refractivity (Wildman–Crippen MR) is 113 cm³/mol. The van der Waals surface area contributed by atoms with E-state index in [1.807, 2.05) is 0 Å². The van der Waals surface area contributed by atoms with Crippen molar-refractivity contribution in [2.24, 2.45) is 5.73 Å². The maximum Gasteiger partial charge on any atom is 0.278 e. The van der Waals surface area contributed by atoms with Gasteiger partial charge < -0.3 is 5.73 Å². The number of Topliss-reactive ketones (excluding diaryl/α,β-unsaturated/α-hetero) is 1. The zero-order valence-corrected chi connectivity index (χ0v) is 18.2. The van der Waals surface area contributed by atoms with Crippen LogP contribution in [0.5, 0.6) is 0 Å². The fourth-order valence-corrected chi connectivity index (χ4v) is 3.58. The zero-order chi connectivity index (χ0) is 20.6. The summed E-state index contributed by atoms with van der Waals surface area (Å²) in [5.74, 6) is -0.495. The third-order valence-electron chi connectivity index (χ3n) is 5.21. The van der Waals surface area contributed by atoms with E-state index in [0.29, 0.717) is 6.42 Å². The van der Waals surface area contributed by atoms with E-state index in [2.05, 4.69) is 19.1 Å². The number of unbranched alkanes of at least 4 members (excludes halogenated alkanes) is 11. The maximum absolute atomic E-state index is 12.0. The SMILES string of the molecule is CCCCCCCCC=CCCCCCCCC(=O)C(C)(CN)S(=O)(=O)O. The van der Waals surface area contributed by atoms with E-state index < -0.39 is 27.2 Å². The molecule has 160 valence electrons. The van der Waals surface area contributed by atoms with Crippen LogP contribution in [0.2, 0.25) is 0 Å². The second-order valence-corrected chi connectivity index (χ2v) is 9.52. The lowest BCUT2D eigenvalue weighted by atomic mass is 9.99. The van der Waals surface area contributed by atoms with Gasteiger partial charge in [-0.25, -0.2) is 0 Å². The van der Waals surface area contributed by atoms with Gasteiger partial charge in [-0.2, -0.15) is 8.42 Å². The van der Waals surface area contributed by atoms with Crippen molar-refractivity contribution < 1.29 is 17.8 Å². The van der Waals surface area contributed by atoms with Gasteiger partial charge in [0.05, 0.1) is 0 Å². The summed E-state index contributed by atoms with van der Waals surface area (Å²) in [7, 11) is -4.47. The highest BCUT2D eigenvalue weighted by molar-refractivity contribution is 7.88. The van der Waals surface area contributed by atoms with Gasteiger partial charge in [0.2, 0.25) is 0 Å². The Morgan fingerprint density at radius 1 is 0.889 bits per heavy atom. The normalized spacial score (nSPS) is 14.5. The largest absolute Gasteiger partial charge is 0.328 e. The van der Waals surface area contributed by atoms with Crippen LogP contribution in [-0.4, -0.2) is 30.0 Å². The van der Waals surface area contributed by atoms with Crippen molar-refractivity contribution >= 4 is 15.9 Å². The molecular weight excluding hydrogens is 362 g/mol. The smallest absolute Gasteiger partial charge is 0.278 e. The van der Waals surface area contributed by atoms with Gasteiger partial charge >= 0.3 is 0 Å². The minimum atomic E-state index is -4.47. The molecule has 0 amide bonds. The van der Waals surface area contributed by atoms with Crippen LogP contribution in [0.1, 0.15) is 104 Å². The highest BCUT2D eigenvalue weighted by Gasteiger charge is 2.43. The Hall–Kier alpha value is -0.720. The summed E-state index contributed by atoms with van der Waals surface area (Å²) in [6.07, 6.45) is 19.8. The Kier molecular flexibility index (Phi) is 14.8. The number of carbonyl (C=O) groups is 1. The van der Waals surface area contributed by atoms with E-state index in [1.165, 1.54) is 51.9 Å². The average Bonchev–Trinajstić information content (AvgIpc) is 2.62. The molecule has 0 aliphatic heterocycles. The molecule has 0 aromatic carbocycles. The number of ketones is 1. The van der Waals surface area contributed by atoms with Crippen molar-refractivity contribution in [1.82, 2.24) is 0 Å². The highest BCUT2D eigenvalue weighted by Crippen LogP contribution is 2.20. The van der Waals surface area contributed by atoms with E-state index >= 15 is 0 Å². The fourth-order valence-electron chi connectivity index (χ4n) is 2.98. The van der Waals surface area contributed by atoms with Crippen molar-refractivity contribution in [3.05, 3.63) is 12.2 Å². The number of hydrogen-bond acceptors (Lipinski definition) is 4. The third kappa shape index (κ3) is 11.7. The lowest BCUT2D eigenvalue weighted by molar-refractivity contribution is -0.121. The van der Waals surface area contributed by atoms with E-state index in [-0.39, 0.29) is 6.42 Å². The number of allylic oxidation sites excluding steroid dienone is 2. The molecule has 27 heavy (non-hydrogen) atoms. The van der Waals surface area contributed by atoms with Gasteiger partial charge in [-0.3, -0.25) is 9.35 Å². The Morgan fingerprint density at radius 3 is 1.78 bits per heavy atom. The molecule has 0 saturated carbocycles. The number of hydrogen-bond donors (Lipinski definition) is 2. The number of nitrogens with two attached hydrogens (primary N) is 1. The van der Waals surface area contributed by atoms with Crippen LogP contribution >= 0.6 is 0 Å². The zero-order valence-electron chi connectivity index (χ0n) is 17.4. The third-order valence-corrected chi connectivity index (χ3v) is 6.75. The Balaban J connectivity index is 3.62. The Bertz CT molecular complexity index is 516. The molecule has 0 spiro atoms. The van der Waals surface area contributed by atoms with Crippen molar-refractivity contribution in [3.63, 3.8) is 0 Å². The molecule has 0 radical (unpaired) electrons. The fraction of sp³-hybridized carbons (Fsp3) is 0.857. The average molecular weight is 404 g/mol. The quantitative estimate of drug-likeness (QED) is 0.186. The van der Waals surface area contributed by atoms with E-state index in [1.54, 1.807) is 0 Å². The van der Waals surface area contributed by atoms with E-state index in [9.17, 15) is 17.8 Å². The van der Waals surface area contributed by atoms with Crippen LogP contribution < -0.4 is 5.73 Å². The van der Waals surface area contributed by atoms with Crippen LogP contribution in [0.4, 0.5) is 0 Å². The van der Waals surface area contributed by atoms with Crippen LogP contribution in [0.15, 0.2) is 12.2 Å². The topological polar surface area (TPSA) is 97.5 Å². The number of carbonyl (C=O) groups excluding carboxylic acids is 1. The van der Waals surface area contributed by atoms with Crippen LogP contribution in [-0.2, 0) is 14.9 Å². The molecule has 0 aromatic heterocycles. The van der Waals surface area contributed by atoms with Crippen LogP contribution in [0.25, 0.3) is 0 Å². The molecule has 3 N–H and O–H groups in total. The molecule has 0 aliphatic carbocycles. The second-order valence-electron chi connectivity index (χ2n) is 7.67. The first kappa shape index (κ1) is 26.3. The van der Waals surface area contributed by atoms with Gasteiger partial charge in [-0.15, -0.1) is 0 Å². The van der Waals surface area contributed by atoms with E-state index in [4.69, 9.17) is 5.73 Å². The molecule has 0 rings (SSSR count). The van der Waals surface area contributed by atoms with Gasteiger partial charge in [-0.1, -0.05) is 70.4 Å². The molecule has 1 unspecified atom stereocenters. The Morgan fingerprint density at radius 2 is 1.33 bits per heavy atom. The lowest BCUT2D eigenvalue weighted by Crippen LogP contribution is -2.49. The van der Waals surface area contributed by atoms with Crippen molar-refractivity contribution in [1.29, 1.82) is 0 Å². The first-order valence-electron chi connectivity index (χ1n) is 10.6. The summed E-state index contributed by atoms with van der Waals surface area (Å²) in [5, 5.41) is 0. The van der Waals surface area contributed by atoms with Crippen molar-refractivity contribution in [3.8, 4) is 0 Å². The molecule has 5 nitrogen and oxygen atoms in total. The maximum atomic E-state index is 12.0. The minimum absolute atomic E-state index is 0.144.